The van der Waals surface area contributed by atoms with Crippen LogP contribution in [-0.2, 0) is 0 Å². The molecule has 1 rings (SSSR count). The average Bonchev–Trinajstić information content (AvgIpc) is 2.50. The quantitative estimate of drug-likeness (QED) is 0.779. The first-order valence-corrected chi connectivity index (χ1v) is 5.57. The van der Waals surface area contributed by atoms with E-state index in [9.17, 15) is 4.79 Å². The van der Waals surface area contributed by atoms with Crippen molar-refractivity contribution in [2.75, 3.05) is 23.7 Å². The van der Waals surface area contributed by atoms with E-state index >= 15 is 0 Å². The fraction of sp³-hybridized carbons (Fsp3) is 0.500. The van der Waals surface area contributed by atoms with Crippen molar-refractivity contribution in [3.05, 3.63) is 10.9 Å². The fourth-order valence-corrected chi connectivity index (χ4v) is 2.46. The van der Waals surface area contributed by atoms with Gasteiger partial charge in [0, 0.05) is 20.0 Å². The number of Topliss-reactive ketones (excluding diaryl/α,β-unsaturated/α-hetero) is 1. The Morgan fingerprint density at radius 2 is 2.07 bits per heavy atom. The molecule has 0 atom stereocenters. The van der Waals surface area contributed by atoms with Gasteiger partial charge in [0.05, 0.1) is 15.6 Å². The summed E-state index contributed by atoms with van der Waals surface area (Å²) in [7, 11) is 0. The molecule has 0 saturated carbocycles. The predicted molar refractivity (Wildman–Crippen MR) is 62.3 cm³/mol. The third kappa shape index (κ3) is 2.07. The Hall–Kier alpha value is -1.03. The van der Waals surface area contributed by atoms with E-state index in [1.54, 1.807) is 6.92 Å². The van der Waals surface area contributed by atoms with Crippen LogP contribution >= 0.6 is 11.3 Å². The standard InChI is InChI=1S/C10H16N2OS/c1-4-12(5-2)9-6-8(11)10(14-9)7(3)13/h6H,4-5,11H2,1-3H3. The van der Waals surface area contributed by atoms with Gasteiger partial charge in [0.1, 0.15) is 0 Å². The number of nitrogen functional groups attached to an aromatic ring is 1. The lowest BCUT2D eigenvalue weighted by molar-refractivity contribution is 0.102. The summed E-state index contributed by atoms with van der Waals surface area (Å²) in [6, 6.07) is 1.88. The van der Waals surface area contributed by atoms with Crippen molar-refractivity contribution >= 4 is 27.8 Å². The van der Waals surface area contributed by atoms with Gasteiger partial charge in [-0.05, 0) is 19.9 Å². The Bertz CT molecular complexity index is 329. The van der Waals surface area contributed by atoms with Gasteiger partial charge in [0.25, 0.3) is 0 Å². The maximum absolute atomic E-state index is 11.2. The molecular weight excluding hydrogens is 196 g/mol. The minimum absolute atomic E-state index is 0.0471. The van der Waals surface area contributed by atoms with Crippen LogP contribution in [0.25, 0.3) is 0 Å². The third-order valence-electron chi connectivity index (χ3n) is 2.14. The maximum Gasteiger partial charge on any atom is 0.171 e. The molecule has 0 spiro atoms. The van der Waals surface area contributed by atoms with Crippen LogP contribution in [0.4, 0.5) is 10.7 Å². The molecule has 0 aromatic carbocycles. The third-order valence-corrected chi connectivity index (χ3v) is 3.46. The van der Waals surface area contributed by atoms with E-state index in [-0.39, 0.29) is 5.78 Å². The molecule has 0 fully saturated rings. The Kier molecular flexibility index (Phi) is 3.52. The highest BCUT2D eigenvalue weighted by molar-refractivity contribution is 7.18. The van der Waals surface area contributed by atoms with Crippen LogP contribution in [0, 0.1) is 0 Å². The number of carbonyl (C=O) groups is 1. The molecule has 4 heteroatoms. The van der Waals surface area contributed by atoms with Crippen LogP contribution in [0.5, 0.6) is 0 Å². The zero-order chi connectivity index (χ0) is 10.7. The summed E-state index contributed by atoms with van der Waals surface area (Å²) in [5, 5.41) is 1.08. The van der Waals surface area contributed by atoms with Gasteiger partial charge in [-0.15, -0.1) is 11.3 Å². The number of nitrogens with two attached hydrogens (primary N) is 1. The summed E-state index contributed by atoms with van der Waals surface area (Å²) >= 11 is 1.48. The van der Waals surface area contributed by atoms with E-state index in [0.29, 0.717) is 10.6 Å². The molecule has 0 saturated heterocycles. The van der Waals surface area contributed by atoms with Crippen LogP contribution in [0.15, 0.2) is 6.07 Å². The summed E-state index contributed by atoms with van der Waals surface area (Å²) in [5.41, 5.74) is 6.35. The van der Waals surface area contributed by atoms with Crippen molar-refractivity contribution in [1.82, 2.24) is 0 Å². The number of rotatable bonds is 4. The Labute approximate surface area is 88.5 Å². The predicted octanol–water partition coefficient (Wildman–Crippen LogP) is 2.38. The van der Waals surface area contributed by atoms with Gasteiger partial charge >= 0.3 is 0 Å². The van der Waals surface area contributed by atoms with Gasteiger partial charge in [-0.2, -0.15) is 0 Å². The van der Waals surface area contributed by atoms with Crippen LogP contribution in [0.3, 0.4) is 0 Å². The Morgan fingerprint density at radius 1 is 1.50 bits per heavy atom. The number of ketones is 1. The first-order chi connectivity index (χ1) is 6.60. The normalized spacial score (nSPS) is 10.2. The molecule has 1 aromatic heterocycles. The van der Waals surface area contributed by atoms with Gasteiger partial charge in [-0.3, -0.25) is 4.79 Å². The molecule has 0 radical (unpaired) electrons. The van der Waals surface area contributed by atoms with E-state index in [4.69, 9.17) is 5.73 Å². The molecular formula is C10H16N2OS. The topological polar surface area (TPSA) is 46.3 Å². The lowest BCUT2D eigenvalue weighted by Gasteiger charge is -2.17. The highest BCUT2D eigenvalue weighted by Crippen LogP contribution is 2.32. The van der Waals surface area contributed by atoms with E-state index in [1.165, 1.54) is 11.3 Å². The summed E-state index contributed by atoms with van der Waals surface area (Å²) in [5.74, 6) is 0.0471. The second-order valence-electron chi connectivity index (χ2n) is 3.10. The number of carbonyl (C=O) groups excluding carboxylic acids is 1. The molecule has 0 unspecified atom stereocenters. The smallest absolute Gasteiger partial charge is 0.171 e. The minimum atomic E-state index is 0.0471. The number of thiophene rings is 1. The van der Waals surface area contributed by atoms with Gasteiger partial charge in [0.2, 0.25) is 0 Å². The average molecular weight is 212 g/mol. The highest BCUT2D eigenvalue weighted by Gasteiger charge is 2.13. The molecule has 78 valence electrons. The molecule has 0 aliphatic carbocycles. The molecule has 0 bridgehead atoms. The molecule has 0 amide bonds. The van der Waals surface area contributed by atoms with Crippen LogP contribution in [0.1, 0.15) is 30.4 Å². The molecule has 1 aromatic rings. The number of nitrogens with zero attached hydrogens (tertiary/aromatic N) is 1. The van der Waals surface area contributed by atoms with Crippen LogP contribution in [-0.4, -0.2) is 18.9 Å². The van der Waals surface area contributed by atoms with E-state index < -0.39 is 0 Å². The first-order valence-electron chi connectivity index (χ1n) is 4.75. The number of hydrogen-bond donors (Lipinski definition) is 1. The molecule has 0 aliphatic rings. The van der Waals surface area contributed by atoms with Crippen molar-refractivity contribution in [3.63, 3.8) is 0 Å². The second kappa shape index (κ2) is 4.46. The van der Waals surface area contributed by atoms with Crippen molar-refractivity contribution in [3.8, 4) is 0 Å². The van der Waals surface area contributed by atoms with Crippen molar-refractivity contribution in [2.24, 2.45) is 0 Å². The van der Waals surface area contributed by atoms with Crippen molar-refractivity contribution in [1.29, 1.82) is 0 Å². The van der Waals surface area contributed by atoms with E-state index in [0.717, 1.165) is 18.1 Å². The van der Waals surface area contributed by atoms with Gasteiger partial charge in [-0.25, -0.2) is 0 Å². The minimum Gasteiger partial charge on any atom is -0.397 e. The van der Waals surface area contributed by atoms with Gasteiger partial charge < -0.3 is 10.6 Å². The summed E-state index contributed by atoms with van der Waals surface area (Å²) < 4.78 is 0. The Balaban J connectivity index is 3.01. The SMILES string of the molecule is CCN(CC)c1cc(N)c(C(C)=O)s1. The zero-order valence-electron chi connectivity index (χ0n) is 8.83. The van der Waals surface area contributed by atoms with E-state index in [1.807, 2.05) is 6.07 Å². The lowest BCUT2D eigenvalue weighted by Crippen LogP contribution is -2.20. The number of anilines is 2. The van der Waals surface area contributed by atoms with Gasteiger partial charge in [-0.1, -0.05) is 0 Å². The lowest BCUT2D eigenvalue weighted by atomic mass is 10.3. The van der Waals surface area contributed by atoms with Crippen molar-refractivity contribution < 1.29 is 4.79 Å². The maximum atomic E-state index is 11.2. The van der Waals surface area contributed by atoms with Crippen LogP contribution in [0.2, 0.25) is 0 Å². The summed E-state index contributed by atoms with van der Waals surface area (Å²) in [6.45, 7) is 7.61. The number of hydrogen-bond acceptors (Lipinski definition) is 4. The second-order valence-corrected chi connectivity index (χ2v) is 4.13. The molecule has 3 nitrogen and oxygen atoms in total. The molecule has 0 aliphatic heterocycles. The van der Waals surface area contributed by atoms with E-state index in [2.05, 4.69) is 18.7 Å². The summed E-state index contributed by atoms with van der Waals surface area (Å²) in [4.78, 5) is 14.1. The molecule has 14 heavy (non-hydrogen) atoms. The first kappa shape index (κ1) is 11.0. The Morgan fingerprint density at radius 3 is 2.43 bits per heavy atom. The van der Waals surface area contributed by atoms with Gasteiger partial charge in [0.15, 0.2) is 5.78 Å². The van der Waals surface area contributed by atoms with Crippen LogP contribution < -0.4 is 10.6 Å². The zero-order valence-corrected chi connectivity index (χ0v) is 9.65. The largest absolute Gasteiger partial charge is 0.397 e. The highest BCUT2D eigenvalue weighted by atomic mass is 32.1. The van der Waals surface area contributed by atoms with Crippen molar-refractivity contribution in [2.45, 2.75) is 20.8 Å². The monoisotopic (exact) mass is 212 g/mol. The fourth-order valence-electron chi connectivity index (χ4n) is 1.36. The molecule has 1 heterocycles. The summed E-state index contributed by atoms with van der Waals surface area (Å²) in [6.07, 6.45) is 0. The molecule has 2 N–H and O–H groups in total.